The Morgan fingerprint density at radius 1 is 1.47 bits per heavy atom. The highest BCUT2D eigenvalue weighted by Gasteiger charge is 2.42. The number of nitrogens with zero attached hydrogens (tertiary/aromatic N) is 1. The fourth-order valence-corrected chi connectivity index (χ4v) is 2.29. The van der Waals surface area contributed by atoms with Crippen LogP contribution in [0, 0.1) is 16.7 Å². The molecule has 4 nitrogen and oxygen atoms in total. The minimum absolute atomic E-state index is 0.101. The molecule has 0 bridgehead atoms. The van der Waals surface area contributed by atoms with Gasteiger partial charge in [-0.1, -0.05) is 0 Å². The number of nitriles is 1. The Morgan fingerprint density at radius 2 is 2.24 bits per heavy atom. The lowest BCUT2D eigenvalue weighted by atomic mass is 10.1. The maximum atomic E-state index is 8.72. The fraction of sp³-hybridized carbons (Fsp3) is 0.923. The maximum Gasteiger partial charge on any atom is 0.0940 e. The molecule has 1 unspecified atom stereocenters. The van der Waals surface area contributed by atoms with Crippen molar-refractivity contribution in [3.8, 4) is 6.07 Å². The van der Waals surface area contributed by atoms with E-state index < -0.39 is 0 Å². The van der Waals surface area contributed by atoms with Crippen molar-refractivity contribution >= 4 is 0 Å². The van der Waals surface area contributed by atoms with Crippen LogP contribution in [0.3, 0.4) is 0 Å². The molecule has 1 N–H and O–H groups in total. The van der Waals surface area contributed by atoms with Crippen molar-refractivity contribution in [2.24, 2.45) is 5.41 Å². The number of ether oxygens (including phenoxy) is 2. The molecule has 0 aromatic heterocycles. The summed E-state index contributed by atoms with van der Waals surface area (Å²) in [6.07, 6.45) is 3.03. The van der Waals surface area contributed by atoms with Crippen LogP contribution in [0.15, 0.2) is 0 Å². The van der Waals surface area contributed by atoms with Gasteiger partial charge in [0.05, 0.1) is 31.0 Å². The van der Waals surface area contributed by atoms with E-state index in [0.29, 0.717) is 19.6 Å². The molecule has 0 aromatic carbocycles. The van der Waals surface area contributed by atoms with Crippen molar-refractivity contribution in [3.63, 3.8) is 0 Å². The normalized spacial score (nSPS) is 29.6. The lowest BCUT2D eigenvalue weighted by Crippen LogP contribution is -2.52. The van der Waals surface area contributed by atoms with Crippen molar-refractivity contribution in [3.05, 3.63) is 0 Å². The molecule has 1 saturated carbocycles. The van der Waals surface area contributed by atoms with Gasteiger partial charge in [0.15, 0.2) is 0 Å². The highest BCUT2D eigenvalue weighted by Crippen LogP contribution is 2.48. The third-order valence-electron chi connectivity index (χ3n) is 3.53. The van der Waals surface area contributed by atoms with Crippen molar-refractivity contribution < 1.29 is 9.47 Å². The van der Waals surface area contributed by atoms with Crippen LogP contribution in [-0.2, 0) is 9.47 Å². The summed E-state index contributed by atoms with van der Waals surface area (Å²) in [5.41, 5.74) is 0.0720. The first kappa shape index (κ1) is 12.8. The molecule has 2 aliphatic rings. The first-order chi connectivity index (χ1) is 8.05. The average molecular weight is 238 g/mol. The second-order valence-corrected chi connectivity index (χ2v) is 5.98. The molecule has 0 radical (unpaired) electrons. The van der Waals surface area contributed by atoms with E-state index in [1.54, 1.807) is 0 Å². The summed E-state index contributed by atoms with van der Waals surface area (Å²) in [5.74, 6) is 0. The Kier molecular flexibility index (Phi) is 3.72. The third kappa shape index (κ3) is 3.67. The molecule has 1 saturated heterocycles. The lowest BCUT2D eigenvalue weighted by molar-refractivity contribution is -0.123. The summed E-state index contributed by atoms with van der Waals surface area (Å²) in [6.45, 7) is 7.26. The van der Waals surface area contributed by atoms with Crippen molar-refractivity contribution in [2.75, 3.05) is 26.3 Å². The molecule has 17 heavy (non-hydrogen) atoms. The van der Waals surface area contributed by atoms with Crippen LogP contribution in [0.5, 0.6) is 0 Å². The monoisotopic (exact) mass is 238 g/mol. The topological polar surface area (TPSA) is 54.3 Å². The molecular weight excluding hydrogens is 216 g/mol. The summed E-state index contributed by atoms with van der Waals surface area (Å²) < 4.78 is 11.6. The van der Waals surface area contributed by atoms with Gasteiger partial charge in [0.25, 0.3) is 0 Å². The SMILES string of the molecule is CC1(C)CNCC(COCC2(CC#N)CC2)O1. The highest BCUT2D eigenvalue weighted by atomic mass is 16.5. The van der Waals surface area contributed by atoms with Gasteiger partial charge in [0.2, 0.25) is 0 Å². The zero-order valence-electron chi connectivity index (χ0n) is 10.8. The zero-order chi connectivity index (χ0) is 12.4. The largest absolute Gasteiger partial charge is 0.378 e. The molecule has 1 atom stereocenters. The van der Waals surface area contributed by atoms with Crippen LogP contribution in [0.25, 0.3) is 0 Å². The van der Waals surface area contributed by atoms with E-state index in [2.05, 4.69) is 25.2 Å². The van der Waals surface area contributed by atoms with E-state index in [1.807, 2.05) is 0 Å². The summed E-state index contributed by atoms with van der Waals surface area (Å²) in [7, 11) is 0. The zero-order valence-corrected chi connectivity index (χ0v) is 10.8. The Balaban J connectivity index is 1.67. The second kappa shape index (κ2) is 4.93. The number of nitrogens with one attached hydrogen (secondary N) is 1. The Bertz CT molecular complexity index is 305. The molecule has 1 aliphatic heterocycles. The van der Waals surface area contributed by atoms with E-state index in [1.165, 1.54) is 0 Å². The van der Waals surface area contributed by atoms with Gasteiger partial charge in [-0.3, -0.25) is 0 Å². The van der Waals surface area contributed by atoms with E-state index in [9.17, 15) is 0 Å². The number of rotatable bonds is 5. The molecule has 0 amide bonds. The summed E-state index contributed by atoms with van der Waals surface area (Å²) in [6, 6.07) is 2.25. The van der Waals surface area contributed by atoms with Gasteiger partial charge in [-0.2, -0.15) is 5.26 Å². The predicted octanol–water partition coefficient (Wildman–Crippen LogP) is 1.46. The lowest BCUT2D eigenvalue weighted by Gasteiger charge is -2.36. The number of morpholine rings is 1. The molecule has 1 aliphatic carbocycles. The van der Waals surface area contributed by atoms with Crippen LogP contribution in [-0.4, -0.2) is 38.0 Å². The Hall–Kier alpha value is -0.630. The van der Waals surface area contributed by atoms with Gasteiger partial charge in [-0.15, -0.1) is 0 Å². The first-order valence-corrected chi connectivity index (χ1v) is 6.39. The minimum atomic E-state index is -0.101. The van der Waals surface area contributed by atoms with Gasteiger partial charge in [-0.05, 0) is 26.7 Å². The predicted molar refractivity (Wildman–Crippen MR) is 64.5 cm³/mol. The van der Waals surface area contributed by atoms with Gasteiger partial charge < -0.3 is 14.8 Å². The molecule has 2 fully saturated rings. The molecular formula is C13H22N2O2. The standard InChI is InChI=1S/C13H22N2O2/c1-12(2)9-15-7-11(17-12)8-16-10-13(3-4-13)5-6-14/h11,15H,3-5,7-10H2,1-2H3. The van der Waals surface area contributed by atoms with Gasteiger partial charge in [-0.25, -0.2) is 0 Å². The summed E-state index contributed by atoms with van der Waals surface area (Å²) in [4.78, 5) is 0. The Morgan fingerprint density at radius 3 is 2.82 bits per heavy atom. The van der Waals surface area contributed by atoms with Crippen molar-refractivity contribution in [1.82, 2.24) is 5.32 Å². The van der Waals surface area contributed by atoms with E-state index in [-0.39, 0.29) is 17.1 Å². The van der Waals surface area contributed by atoms with Gasteiger partial charge in [0, 0.05) is 24.9 Å². The van der Waals surface area contributed by atoms with Crippen molar-refractivity contribution in [1.29, 1.82) is 5.26 Å². The number of hydrogen-bond donors (Lipinski definition) is 1. The first-order valence-electron chi connectivity index (χ1n) is 6.39. The molecule has 2 rings (SSSR count). The van der Waals surface area contributed by atoms with Crippen LogP contribution < -0.4 is 5.32 Å². The summed E-state index contributed by atoms with van der Waals surface area (Å²) in [5, 5.41) is 12.1. The van der Waals surface area contributed by atoms with E-state index in [0.717, 1.165) is 25.9 Å². The molecule has 4 heteroatoms. The molecule has 1 heterocycles. The molecule has 96 valence electrons. The number of hydrogen-bond acceptors (Lipinski definition) is 4. The average Bonchev–Trinajstić information content (AvgIpc) is 2.97. The van der Waals surface area contributed by atoms with E-state index in [4.69, 9.17) is 14.7 Å². The third-order valence-corrected chi connectivity index (χ3v) is 3.53. The minimum Gasteiger partial charge on any atom is -0.378 e. The molecule has 0 aromatic rings. The second-order valence-electron chi connectivity index (χ2n) is 5.98. The van der Waals surface area contributed by atoms with Crippen LogP contribution in [0.2, 0.25) is 0 Å². The van der Waals surface area contributed by atoms with Crippen LogP contribution in [0.1, 0.15) is 33.1 Å². The summed E-state index contributed by atoms with van der Waals surface area (Å²) >= 11 is 0. The maximum absolute atomic E-state index is 8.72. The quantitative estimate of drug-likeness (QED) is 0.788. The molecule has 0 spiro atoms. The van der Waals surface area contributed by atoms with Crippen LogP contribution >= 0.6 is 0 Å². The highest BCUT2D eigenvalue weighted by molar-refractivity contribution is 4.99. The van der Waals surface area contributed by atoms with Crippen molar-refractivity contribution in [2.45, 2.75) is 44.8 Å². The fourth-order valence-electron chi connectivity index (χ4n) is 2.29. The van der Waals surface area contributed by atoms with Crippen LogP contribution in [0.4, 0.5) is 0 Å². The van der Waals surface area contributed by atoms with Gasteiger partial charge in [0.1, 0.15) is 0 Å². The van der Waals surface area contributed by atoms with Gasteiger partial charge >= 0.3 is 0 Å². The smallest absolute Gasteiger partial charge is 0.0940 e. The Labute approximate surface area is 103 Å². The van der Waals surface area contributed by atoms with E-state index >= 15 is 0 Å².